The Morgan fingerprint density at radius 1 is 1.00 bits per heavy atom. The van der Waals surface area contributed by atoms with Crippen LogP contribution in [0.5, 0.6) is 17.2 Å². The van der Waals surface area contributed by atoms with Crippen molar-refractivity contribution in [1.82, 2.24) is 0 Å². The molecule has 0 fully saturated rings. The number of methoxy groups -OCH3 is 1. The lowest BCUT2D eigenvalue weighted by molar-refractivity contribution is -0.116. The predicted octanol–water partition coefficient (Wildman–Crippen LogP) is 5.59. The molecule has 3 rings (SSSR count). The van der Waals surface area contributed by atoms with E-state index in [4.69, 9.17) is 32.7 Å². The van der Waals surface area contributed by atoms with Crippen molar-refractivity contribution in [1.29, 1.82) is 0 Å². The maximum Gasteiger partial charge on any atom is 0.248 e. The van der Waals surface area contributed by atoms with E-state index < -0.39 is 22.0 Å². The average molecular weight is 509 g/mol. The number of ether oxygens (including phenoxy) is 2. The molecule has 3 aromatic carbocycles. The molecule has 33 heavy (non-hydrogen) atoms. The molecule has 0 bridgehead atoms. The van der Waals surface area contributed by atoms with Gasteiger partial charge in [-0.2, -0.15) is 0 Å². The molecule has 0 aliphatic rings. The minimum Gasteiger partial charge on any atom is -0.495 e. The second-order valence-electron chi connectivity index (χ2n) is 7.10. The van der Waals surface area contributed by atoms with Crippen LogP contribution in [0, 0.1) is 0 Å². The monoisotopic (exact) mass is 508 g/mol. The zero-order valence-electron chi connectivity index (χ0n) is 18.1. The standard InChI is InChI=1S/C23H22Cl2N2O5S/c1-15(27(33(3,29)30)17-10-12-21(31-2)19(25)14-17)23(28)26-20-13-16(24)9-11-22(20)32-18-7-5-4-6-8-18/h4-15H,1-3H3,(H,26,28). The number of amides is 1. The van der Waals surface area contributed by atoms with E-state index in [-0.39, 0.29) is 10.7 Å². The molecule has 0 spiro atoms. The lowest BCUT2D eigenvalue weighted by Gasteiger charge is -2.28. The molecule has 0 aliphatic heterocycles. The molecule has 0 aromatic heterocycles. The number of sulfonamides is 1. The van der Waals surface area contributed by atoms with Gasteiger partial charge in [-0.15, -0.1) is 0 Å². The van der Waals surface area contributed by atoms with E-state index >= 15 is 0 Å². The third-order valence-electron chi connectivity index (χ3n) is 4.65. The number of rotatable bonds is 8. The molecule has 7 nitrogen and oxygen atoms in total. The van der Waals surface area contributed by atoms with Crippen molar-refractivity contribution in [2.75, 3.05) is 23.0 Å². The van der Waals surface area contributed by atoms with Gasteiger partial charge in [0.05, 0.1) is 29.8 Å². The lowest BCUT2D eigenvalue weighted by Crippen LogP contribution is -2.45. The molecule has 1 atom stereocenters. The van der Waals surface area contributed by atoms with Gasteiger partial charge < -0.3 is 14.8 Å². The second kappa shape index (κ2) is 10.3. The number of nitrogens with zero attached hydrogens (tertiary/aromatic N) is 1. The summed E-state index contributed by atoms with van der Waals surface area (Å²) >= 11 is 12.3. The maximum atomic E-state index is 13.1. The van der Waals surface area contributed by atoms with Gasteiger partial charge in [-0.1, -0.05) is 41.4 Å². The van der Waals surface area contributed by atoms with Crippen LogP contribution in [0.2, 0.25) is 10.0 Å². The summed E-state index contributed by atoms with van der Waals surface area (Å²) in [5, 5.41) is 3.31. The fourth-order valence-corrected chi connectivity index (χ4v) is 4.73. The number of carbonyl (C=O) groups is 1. The highest BCUT2D eigenvalue weighted by molar-refractivity contribution is 7.92. The predicted molar refractivity (Wildman–Crippen MR) is 131 cm³/mol. The molecule has 174 valence electrons. The SMILES string of the molecule is COc1ccc(N(C(C)C(=O)Nc2cc(Cl)ccc2Oc2ccccc2)S(C)(=O)=O)cc1Cl. The quantitative estimate of drug-likeness (QED) is 0.428. The van der Waals surface area contributed by atoms with Gasteiger partial charge in [0.15, 0.2) is 5.75 Å². The van der Waals surface area contributed by atoms with Crippen molar-refractivity contribution in [3.63, 3.8) is 0 Å². The molecule has 0 radical (unpaired) electrons. The van der Waals surface area contributed by atoms with Crippen molar-refractivity contribution in [2.24, 2.45) is 0 Å². The first-order valence-electron chi connectivity index (χ1n) is 9.76. The van der Waals surface area contributed by atoms with Gasteiger partial charge >= 0.3 is 0 Å². The number of anilines is 2. The summed E-state index contributed by atoms with van der Waals surface area (Å²) in [6.45, 7) is 1.47. The summed E-state index contributed by atoms with van der Waals surface area (Å²) < 4.78 is 37.1. The Labute approximate surface area is 202 Å². The number of hydrogen-bond acceptors (Lipinski definition) is 5. The van der Waals surface area contributed by atoms with Gasteiger partial charge in [-0.05, 0) is 55.5 Å². The molecule has 0 saturated carbocycles. The third kappa shape index (κ3) is 6.10. The van der Waals surface area contributed by atoms with Gasteiger partial charge in [-0.3, -0.25) is 9.10 Å². The Hall–Kier alpha value is -2.94. The minimum absolute atomic E-state index is 0.213. The highest BCUT2D eigenvalue weighted by atomic mass is 35.5. The van der Waals surface area contributed by atoms with Crippen molar-refractivity contribution in [3.8, 4) is 17.2 Å². The molecule has 0 saturated heterocycles. The van der Waals surface area contributed by atoms with Gasteiger partial charge in [-0.25, -0.2) is 8.42 Å². The first-order valence-corrected chi connectivity index (χ1v) is 12.4. The van der Waals surface area contributed by atoms with Gasteiger partial charge in [0.1, 0.15) is 17.5 Å². The summed E-state index contributed by atoms with van der Waals surface area (Å²) in [4.78, 5) is 13.1. The Morgan fingerprint density at radius 3 is 2.27 bits per heavy atom. The molecule has 1 N–H and O–H groups in total. The van der Waals surface area contributed by atoms with Crippen molar-refractivity contribution in [3.05, 3.63) is 76.8 Å². The maximum absolute atomic E-state index is 13.1. The summed E-state index contributed by atoms with van der Waals surface area (Å²) in [5.41, 5.74) is 0.516. The van der Waals surface area contributed by atoms with Crippen LogP contribution in [0.4, 0.5) is 11.4 Å². The Kier molecular flexibility index (Phi) is 7.73. The van der Waals surface area contributed by atoms with Gasteiger partial charge in [0.25, 0.3) is 0 Å². The molecule has 0 heterocycles. The van der Waals surface area contributed by atoms with E-state index in [9.17, 15) is 13.2 Å². The minimum atomic E-state index is -3.84. The Balaban J connectivity index is 1.91. The summed E-state index contributed by atoms with van der Waals surface area (Å²) in [6.07, 6.45) is 1.01. The second-order valence-corrected chi connectivity index (χ2v) is 9.80. The summed E-state index contributed by atoms with van der Waals surface area (Å²) in [7, 11) is -2.39. The Bertz CT molecular complexity index is 1250. The molecule has 3 aromatic rings. The molecule has 0 aliphatic carbocycles. The number of benzene rings is 3. The van der Waals surface area contributed by atoms with E-state index in [0.29, 0.717) is 28.0 Å². The fourth-order valence-electron chi connectivity index (χ4n) is 3.14. The van der Waals surface area contributed by atoms with Crippen LogP contribution >= 0.6 is 23.2 Å². The van der Waals surface area contributed by atoms with Gasteiger partial charge in [0.2, 0.25) is 15.9 Å². The Morgan fingerprint density at radius 2 is 1.67 bits per heavy atom. The normalized spacial score (nSPS) is 12.0. The molecule has 10 heteroatoms. The van der Waals surface area contributed by atoms with E-state index in [1.54, 1.807) is 24.3 Å². The summed E-state index contributed by atoms with van der Waals surface area (Å²) in [5.74, 6) is 0.707. The highest BCUT2D eigenvalue weighted by Gasteiger charge is 2.30. The van der Waals surface area contributed by atoms with E-state index in [2.05, 4.69) is 5.32 Å². The zero-order valence-corrected chi connectivity index (χ0v) is 20.4. The smallest absolute Gasteiger partial charge is 0.248 e. The van der Waals surface area contributed by atoms with E-state index in [0.717, 1.165) is 10.6 Å². The number of halogens is 2. The highest BCUT2D eigenvalue weighted by Crippen LogP contribution is 2.34. The van der Waals surface area contributed by atoms with Crippen LogP contribution in [0.25, 0.3) is 0 Å². The van der Waals surface area contributed by atoms with Crippen LogP contribution in [0.1, 0.15) is 6.92 Å². The first kappa shape index (κ1) is 24.7. The topological polar surface area (TPSA) is 84.9 Å². The largest absolute Gasteiger partial charge is 0.495 e. The number of hydrogen-bond donors (Lipinski definition) is 1. The summed E-state index contributed by atoms with van der Waals surface area (Å²) in [6, 6.07) is 17.1. The molecular weight excluding hydrogens is 487 g/mol. The van der Waals surface area contributed by atoms with Crippen molar-refractivity contribution < 1.29 is 22.7 Å². The third-order valence-corrected chi connectivity index (χ3v) is 6.42. The number of carbonyl (C=O) groups excluding carboxylic acids is 1. The molecule has 1 amide bonds. The van der Waals surface area contributed by atoms with E-state index in [1.807, 2.05) is 18.2 Å². The van der Waals surface area contributed by atoms with Crippen LogP contribution in [0.3, 0.4) is 0 Å². The lowest BCUT2D eigenvalue weighted by atomic mass is 10.2. The zero-order chi connectivity index (χ0) is 24.2. The molecule has 1 unspecified atom stereocenters. The van der Waals surface area contributed by atoms with Crippen LogP contribution < -0.4 is 19.1 Å². The first-order chi connectivity index (χ1) is 15.6. The van der Waals surface area contributed by atoms with Crippen LogP contribution in [-0.2, 0) is 14.8 Å². The fraction of sp³-hybridized carbons (Fsp3) is 0.174. The van der Waals surface area contributed by atoms with Crippen molar-refractivity contribution in [2.45, 2.75) is 13.0 Å². The number of para-hydroxylation sites is 1. The van der Waals surface area contributed by atoms with Crippen LogP contribution in [-0.4, -0.2) is 33.7 Å². The van der Waals surface area contributed by atoms with Gasteiger partial charge in [0, 0.05) is 5.02 Å². The average Bonchev–Trinajstić information content (AvgIpc) is 2.75. The molecular formula is C23H22Cl2N2O5S. The van der Waals surface area contributed by atoms with E-state index in [1.165, 1.54) is 38.3 Å². The van der Waals surface area contributed by atoms with Crippen LogP contribution in [0.15, 0.2) is 66.7 Å². The van der Waals surface area contributed by atoms with Crippen molar-refractivity contribution >= 4 is 50.5 Å². The number of nitrogens with one attached hydrogen (secondary N) is 1.